The molecule has 0 bridgehead atoms. The first-order chi connectivity index (χ1) is 15.2. The Morgan fingerprint density at radius 3 is 2.33 bits per heavy atom. The van der Waals surface area contributed by atoms with Crippen molar-refractivity contribution in [1.82, 2.24) is 15.3 Å². The normalized spacial score (nSPS) is 18.0. The van der Waals surface area contributed by atoms with Crippen LogP contribution in [0.5, 0.6) is 0 Å². The van der Waals surface area contributed by atoms with Crippen LogP contribution in [0.4, 0.5) is 17.3 Å². The van der Waals surface area contributed by atoms with Gasteiger partial charge in [-0.1, -0.05) is 13.0 Å². The Balaban J connectivity index is 1.99. The summed E-state index contributed by atoms with van der Waals surface area (Å²) >= 11 is 0. The number of sulfone groups is 1. The van der Waals surface area contributed by atoms with Gasteiger partial charge in [0.1, 0.15) is 0 Å². The van der Waals surface area contributed by atoms with Crippen LogP contribution in [0.2, 0.25) is 0 Å². The maximum atomic E-state index is 12.1. The number of primary amides is 1. The Morgan fingerprint density at radius 2 is 1.79 bits per heavy atom. The van der Waals surface area contributed by atoms with Crippen molar-refractivity contribution in [3.8, 4) is 0 Å². The molecule has 0 unspecified atom stereocenters. The van der Waals surface area contributed by atoms with Crippen LogP contribution in [0.3, 0.4) is 0 Å². The first kappa shape index (κ1) is 24.9. The highest BCUT2D eigenvalue weighted by Gasteiger charge is 2.38. The number of hydrogen-bond donors (Lipinski definition) is 4. The molecule has 1 amide bonds. The van der Waals surface area contributed by atoms with Gasteiger partial charge in [0.25, 0.3) is 5.91 Å². The topological polar surface area (TPSA) is 139 Å². The molecule has 9 nitrogen and oxygen atoms in total. The van der Waals surface area contributed by atoms with E-state index < -0.39 is 15.7 Å². The molecule has 10 heteroatoms. The fourth-order valence-corrected chi connectivity index (χ4v) is 5.32. The van der Waals surface area contributed by atoms with E-state index in [-0.39, 0.29) is 33.5 Å². The summed E-state index contributed by atoms with van der Waals surface area (Å²) in [7, 11) is -3.39. The molecule has 1 aliphatic heterocycles. The number of anilines is 3. The number of hydrogen-bond acceptors (Lipinski definition) is 8. The molecule has 0 spiro atoms. The fourth-order valence-electron chi connectivity index (χ4n) is 4.65. The molecule has 1 aromatic heterocycles. The molecule has 1 aromatic carbocycles. The zero-order valence-corrected chi connectivity index (χ0v) is 20.9. The zero-order valence-electron chi connectivity index (χ0n) is 20.1. The molecular weight excluding hydrogens is 440 g/mol. The van der Waals surface area contributed by atoms with Crippen LogP contribution in [0.1, 0.15) is 63.6 Å². The van der Waals surface area contributed by atoms with Gasteiger partial charge in [-0.15, -0.1) is 0 Å². The van der Waals surface area contributed by atoms with Gasteiger partial charge in [0.2, 0.25) is 0 Å². The van der Waals surface area contributed by atoms with Crippen LogP contribution in [0, 0.1) is 0 Å². The minimum atomic E-state index is -3.39. The van der Waals surface area contributed by atoms with Gasteiger partial charge in [-0.2, -0.15) is 0 Å². The second kappa shape index (κ2) is 8.90. The van der Waals surface area contributed by atoms with Crippen molar-refractivity contribution in [2.75, 3.05) is 16.9 Å². The Morgan fingerprint density at radius 1 is 1.15 bits per heavy atom. The molecule has 5 N–H and O–H groups in total. The highest BCUT2D eigenvalue weighted by atomic mass is 32.2. The lowest BCUT2D eigenvalue weighted by Crippen LogP contribution is -2.60. The lowest BCUT2D eigenvalue weighted by atomic mass is 9.79. The van der Waals surface area contributed by atoms with Gasteiger partial charge in [-0.25, -0.2) is 18.4 Å². The fraction of sp³-hybridized carbons (Fsp3) is 0.522. The summed E-state index contributed by atoms with van der Waals surface area (Å²) in [6.45, 7) is 10.6. The summed E-state index contributed by atoms with van der Waals surface area (Å²) in [6, 6.07) is 6.46. The maximum Gasteiger partial charge on any atom is 0.271 e. The smallest absolute Gasteiger partial charge is 0.271 e. The van der Waals surface area contributed by atoms with Gasteiger partial charge in [0.05, 0.1) is 10.6 Å². The molecule has 2 aromatic rings. The molecule has 0 aliphatic carbocycles. The molecule has 0 saturated carbocycles. The monoisotopic (exact) mass is 474 g/mol. The molecule has 3 rings (SSSR count). The van der Waals surface area contributed by atoms with Crippen LogP contribution < -0.4 is 21.7 Å². The second-order valence-electron chi connectivity index (χ2n) is 10.0. The summed E-state index contributed by atoms with van der Waals surface area (Å²) in [5.74, 6) is 0.0534. The van der Waals surface area contributed by atoms with Crippen molar-refractivity contribution >= 4 is 33.1 Å². The molecule has 1 fully saturated rings. The molecule has 33 heavy (non-hydrogen) atoms. The minimum Gasteiger partial charge on any atom is -0.366 e. The molecule has 0 atom stereocenters. The number of carbonyl (C=O) groups is 1. The van der Waals surface area contributed by atoms with Crippen LogP contribution >= 0.6 is 0 Å². The lowest BCUT2D eigenvalue weighted by Gasteiger charge is -2.46. The van der Waals surface area contributed by atoms with E-state index >= 15 is 0 Å². The van der Waals surface area contributed by atoms with E-state index in [0.717, 1.165) is 19.1 Å². The summed E-state index contributed by atoms with van der Waals surface area (Å²) in [5.41, 5.74) is 6.60. The van der Waals surface area contributed by atoms with Gasteiger partial charge in [0.15, 0.2) is 27.2 Å². The average Bonchev–Trinajstić information content (AvgIpc) is 2.65. The van der Waals surface area contributed by atoms with E-state index in [0.29, 0.717) is 23.6 Å². The third-order valence-corrected chi connectivity index (χ3v) is 6.70. The number of rotatable bonds is 7. The highest BCUT2D eigenvalue weighted by Crippen LogP contribution is 2.32. The Kier molecular flexibility index (Phi) is 6.72. The Hall–Kier alpha value is -2.72. The number of piperidine rings is 1. The SMILES string of the molecule is CCc1nc(C(N)=O)c(Nc2cccc(S(C)(=O)=O)c2)nc1NC1CC(C)(C)NC(C)(C)C1. The van der Waals surface area contributed by atoms with Crippen molar-refractivity contribution < 1.29 is 13.2 Å². The van der Waals surface area contributed by atoms with Crippen LogP contribution in [-0.4, -0.2) is 47.7 Å². The Bertz CT molecular complexity index is 1140. The predicted octanol–water partition coefficient (Wildman–Crippen LogP) is 3.01. The molecule has 1 saturated heterocycles. The first-order valence-electron chi connectivity index (χ1n) is 11.0. The van der Waals surface area contributed by atoms with E-state index in [4.69, 9.17) is 5.73 Å². The van der Waals surface area contributed by atoms with Crippen LogP contribution in [-0.2, 0) is 16.3 Å². The van der Waals surface area contributed by atoms with Crippen molar-refractivity contribution in [1.29, 1.82) is 0 Å². The number of aryl methyl sites for hydroxylation is 1. The van der Waals surface area contributed by atoms with Gasteiger partial charge in [0, 0.05) is 29.1 Å². The average molecular weight is 475 g/mol. The number of nitrogens with two attached hydrogens (primary N) is 1. The number of aromatic nitrogens is 2. The van der Waals surface area contributed by atoms with Crippen LogP contribution in [0.25, 0.3) is 0 Å². The van der Waals surface area contributed by atoms with Gasteiger partial charge >= 0.3 is 0 Å². The standard InChI is InChI=1S/C23H34N6O3S/c1-7-17-20(26-15-12-22(2,3)29-23(4,5)13-15)28-21(18(27-17)19(24)30)25-14-9-8-10-16(11-14)33(6,31)32/h8-11,15,29H,7,12-13H2,1-6H3,(H2,24,30)(H2,25,26,28). The third-order valence-electron chi connectivity index (χ3n) is 5.59. The van der Waals surface area contributed by atoms with Crippen LogP contribution in [0.15, 0.2) is 29.2 Å². The van der Waals surface area contributed by atoms with Gasteiger partial charge in [-0.3, -0.25) is 4.79 Å². The molecule has 1 aliphatic rings. The quantitative estimate of drug-likeness (QED) is 0.480. The third kappa shape index (κ3) is 6.20. The molecule has 2 heterocycles. The number of nitrogens with zero attached hydrogens (tertiary/aromatic N) is 2. The van der Waals surface area contributed by atoms with E-state index in [2.05, 4.69) is 53.6 Å². The number of amides is 1. The number of nitrogens with one attached hydrogen (secondary N) is 3. The molecule has 180 valence electrons. The first-order valence-corrected chi connectivity index (χ1v) is 12.9. The maximum absolute atomic E-state index is 12.1. The van der Waals surface area contributed by atoms with E-state index in [1.165, 1.54) is 12.1 Å². The van der Waals surface area contributed by atoms with E-state index in [1.807, 2.05) is 6.92 Å². The predicted molar refractivity (Wildman–Crippen MR) is 131 cm³/mol. The van der Waals surface area contributed by atoms with Gasteiger partial charge < -0.3 is 21.7 Å². The van der Waals surface area contributed by atoms with Crippen molar-refractivity contribution in [3.63, 3.8) is 0 Å². The van der Waals surface area contributed by atoms with Crippen molar-refractivity contribution in [3.05, 3.63) is 35.7 Å². The minimum absolute atomic E-state index is 0.00753. The molecular formula is C23H34N6O3S. The van der Waals surface area contributed by atoms with Gasteiger partial charge in [-0.05, 0) is 65.2 Å². The number of benzene rings is 1. The summed E-state index contributed by atoms with van der Waals surface area (Å²) < 4.78 is 23.9. The van der Waals surface area contributed by atoms with Crippen molar-refractivity contribution in [2.45, 2.75) is 75.9 Å². The lowest BCUT2D eigenvalue weighted by molar-refractivity contribution is 0.0996. The second-order valence-corrected chi connectivity index (χ2v) is 12.0. The molecule has 0 radical (unpaired) electrons. The Labute approximate surface area is 195 Å². The van der Waals surface area contributed by atoms with E-state index in [1.54, 1.807) is 12.1 Å². The largest absolute Gasteiger partial charge is 0.366 e. The summed E-state index contributed by atoms with van der Waals surface area (Å²) in [5, 5.41) is 10.2. The van der Waals surface area contributed by atoms with Crippen molar-refractivity contribution in [2.24, 2.45) is 5.73 Å². The zero-order chi connectivity index (χ0) is 24.6. The van der Waals surface area contributed by atoms with E-state index in [9.17, 15) is 13.2 Å². The summed E-state index contributed by atoms with van der Waals surface area (Å²) in [6.07, 6.45) is 3.48. The summed E-state index contributed by atoms with van der Waals surface area (Å²) in [4.78, 5) is 21.5. The highest BCUT2D eigenvalue weighted by molar-refractivity contribution is 7.90. The number of carbonyl (C=O) groups excluding carboxylic acids is 1.